The van der Waals surface area contributed by atoms with E-state index >= 15 is 0 Å². The van der Waals surface area contributed by atoms with Crippen LogP contribution in [0.5, 0.6) is 17.5 Å². The van der Waals surface area contributed by atoms with Gasteiger partial charge in [0.15, 0.2) is 5.82 Å². The van der Waals surface area contributed by atoms with Crippen molar-refractivity contribution in [2.45, 2.75) is 17.1 Å². The molecule has 58 heavy (non-hydrogen) atoms. The number of amides is 4. The maximum Gasteiger partial charge on any atom is 0.416 e. The van der Waals surface area contributed by atoms with Crippen LogP contribution >= 0.6 is 0 Å². The van der Waals surface area contributed by atoms with Crippen molar-refractivity contribution in [3.63, 3.8) is 0 Å². The lowest BCUT2D eigenvalue weighted by molar-refractivity contribution is -0.137. The minimum atomic E-state index is -4.69. The molecule has 1 unspecified atom stereocenters. The van der Waals surface area contributed by atoms with E-state index in [1.54, 1.807) is 18.2 Å². The third kappa shape index (κ3) is 9.95. The number of carbonyl (C=O) groups excluding carboxylic acids is 3. The number of rotatable bonds is 12. The number of benzene rings is 4. The van der Waals surface area contributed by atoms with Crippen molar-refractivity contribution in [2.75, 3.05) is 38.7 Å². The molecule has 0 saturated carbocycles. The highest BCUT2D eigenvalue weighted by Gasteiger charge is 2.31. The van der Waals surface area contributed by atoms with Gasteiger partial charge in [-0.15, -0.1) is 0 Å². The molecular weight excluding hydrogens is 782 g/mol. The number of nitrogens with zero attached hydrogens (tertiary/aromatic N) is 3. The van der Waals surface area contributed by atoms with E-state index in [4.69, 9.17) is 14.2 Å². The van der Waals surface area contributed by atoms with Crippen LogP contribution < -0.4 is 24.8 Å². The molecule has 3 N–H and O–H groups in total. The first-order valence-corrected chi connectivity index (χ1v) is 18.9. The number of halogens is 3. The zero-order chi connectivity index (χ0) is 41.5. The van der Waals surface area contributed by atoms with Crippen LogP contribution in [0, 0.1) is 0 Å². The fraction of sp³-hybridized carbons (Fsp3) is 0.175. The zero-order valence-corrected chi connectivity index (χ0v) is 31.5. The average Bonchev–Trinajstić information content (AvgIpc) is 3.23. The molecule has 18 heteroatoms. The van der Waals surface area contributed by atoms with Gasteiger partial charge in [0, 0.05) is 35.5 Å². The molecule has 2 heterocycles. The summed E-state index contributed by atoms with van der Waals surface area (Å²) >= 11 is 0. The van der Waals surface area contributed by atoms with Crippen molar-refractivity contribution in [1.29, 1.82) is 0 Å². The second-order valence-corrected chi connectivity index (χ2v) is 14.2. The lowest BCUT2D eigenvalue weighted by Gasteiger charge is -2.29. The Balaban J connectivity index is 1.24. The Morgan fingerprint density at radius 1 is 0.897 bits per heavy atom. The van der Waals surface area contributed by atoms with Crippen LogP contribution in [0.3, 0.4) is 0 Å². The number of urea groups is 1. The van der Waals surface area contributed by atoms with Crippen LogP contribution in [-0.4, -0.2) is 74.5 Å². The standard InChI is InChI=1S/C40H35F3N6O8S/c1-3-25-22-27(12-17-32(25)57-34-24-33(55-2)45-36(46-34)26-8-5-4-6-9-26)35(47-39(52)49-18-20-56-21-19-49)38(51)44-30-11-7-10-28(23-30)37(50)48-58(53,54)31-15-13-29(14-16-31)40(41,42)43/h3-17,22-24,35H,1,18-21H2,2H3,(H,44,51)(H,47,52)(H,48,50). The van der Waals surface area contributed by atoms with Crippen molar-refractivity contribution < 1.29 is 50.2 Å². The molecule has 0 radical (unpaired) electrons. The summed E-state index contributed by atoms with van der Waals surface area (Å²) in [6.07, 6.45) is -3.19. The van der Waals surface area contributed by atoms with Crippen LogP contribution in [0.1, 0.15) is 33.1 Å². The molecule has 1 atom stereocenters. The van der Waals surface area contributed by atoms with E-state index in [0.29, 0.717) is 48.0 Å². The van der Waals surface area contributed by atoms with Crippen molar-refractivity contribution in [3.05, 3.63) is 132 Å². The maximum atomic E-state index is 14.0. The number of ether oxygens (including phenoxy) is 3. The van der Waals surface area contributed by atoms with E-state index in [0.717, 1.165) is 17.7 Å². The summed E-state index contributed by atoms with van der Waals surface area (Å²) in [4.78, 5) is 50.3. The van der Waals surface area contributed by atoms with Crippen LogP contribution in [0.25, 0.3) is 17.5 Å². The smallest absolute Gasteiger partial charge is 0.416 e. The van der Waals surface area contributed by atoms with E-state index in [1.807, 2.05) is 35.1 Å². The highest BCUT2D eigenvalue weighted by atomic mass is 32.2. The minimum absolute atomic E-state index is 0.0611. The summed E-state index contributed by atoms with van der Waals surface area (Å²) < 4.78 is 83.3. The Kier molecular flexibility index (Phi) is 12.4. The molecule has 1 aromatic heterocycles. The molecule has 0 aliphatic carbocycles. The second-order valence-electron chi connectivity index (χ2n) is 12.6. The number of carbonyl (C=O) groups is 3. The topological polar surface area (TPSA) is 178 Å². The minimum Gasteiger partial charge on any atom is -0.481 e. The molecule has 5 aromatic rings. The molecule has 1 saturated heterocycles. The average molecular weight is 817 g/mol. The van der Waals surface area contributed by atoms with Gasteiger partial charge in [0.25, 0.3) is 21.8 Å². The van der Waals surface area contributed by atoms with Gasteiger partial charge in [-0.05, 0) is 60.2 Å². The lowest BCUT2D eigenvalue weighted by Crippen LogP contribution is -2.49. The summed E-state index contributed by atoms with van der Waals surface area (Å²) in [5.74, 6) is -0.762. The number of alkyl halides is 3. The Hall–Kier alpha value is -6.79. The molecule has 4 amide bonds. The van der Waals surface area contributed by atoms with Crippen LogP contribution in [0.2, 0.25) is 0 Å². The van der Waals surface area contributed by atoms with Crippen LogP contribution in [0.15, 0.2) is 115 Å². The monoisotopic (exact) mass is 816 g/mol. The molecule has 4 aromatic carbocycles. The molecule has 0 spiro atoms. The predicted octanol–water partition coefficient (Wildman–Crippen LogP) is 6.45. The molecule has 0 bridgehead atoms. The van der Waals surface area contributed by atoms with Crippen LogP contribution in [0.4, 0.5) is 23.7 Å². The maximum absolute atomic E-state index is 14.0. The lowest BCUT2D eigenvalue weighted by atomic mass is 10.0. The first-order valence-electron chi connectivity index (χ1n) is 17.5. The molecule has 6 rings (SSSR count). The first-order chi connectivity index (χ1) is 27.7. The van der Waals surface area contributed by atoms with Crippen LogP contribution in [-0.2, 0) is 25.7 Å². The summed E-state index contributed by atoms with van der Waals surface area (Å²) in [7, 11) is -3.11. The summed E-state index contributed by atoms with van der Waals surface area (Å²) in [5.41, 5.74) is 0.280. The summed E-state index contributed by atoms with van der Waals surface area (Å²) in [6, 6.07) is 21.5. The number of methoxy groups -OCH3 is 1. The number of hydrogen-bond donors (Lipinski definition) is 3. The van der Waals surface area contributed by atoms with E-state index in [9.17, 15) is 36.0 Å². The van der Waals surface area contributed by atoms with Crippen molar-refractivity contribution in [2.24, 2.45) is 0 Å². The molecular formula is C40H35F3N6O8S. The number of sulfonamides is 1. The third-order valence-corrected chi connectivity index (χ3v) is 10.0. The quantitative estimate of drug-likeness (QED) is 0.127. The van der Waals surface area contributed by atoms with Gasteiger partial charge in [0.1, 0.15) is 11.8 Å². The van der Waals surface area contributed by atoms with E-state index in [1.165, 1.54) is 48.4 Å². The number of hydrogen-bond acceptors (Lipinski definition) is 10. The van der Waals surface area contributed by atoms with Gasteiger partial charge < -0.3 is 29.7 Å². The van der Waals surface area contributed by atoms with E-state index < -0.39 is 50.5 Å². The van der Waals surface area contributed by atoms with Gasteiger partial charge in [-0.3, -0.25) is 9.59 Å². The van der Waals surface area contributed by atoms with Gasteiger partial charge >= 0.3 is 12.2 Å². The van der Waals surface area contributed by atoms with E-state index in [-0.39, 0.29) is 36.1 Å². The van der Waals surface area contributed by atoms with Gasteiger partial charge in [-0.2, -0.15) is 23.1 Å². The molecule has 14 nitrogen and oxygen atoms in total. The highest BCUT2D eigenvalue weighted by Crippen LogP contribution is 2.32. The Morgan fingerprint density at radius 3 is 2.28 bits per heavy atom. The highest BCUT2D eigenvalue weighted by molar-refractivity contribution is 7.90. The fourth-order valence-electron chi connectivity index (χ4n) is 5.69. The number of morpholine rings is 1. The molecule has 1 aliphatic rings. The van der Waals surface area contributed by atoms with Gasteiger partial charge in [-0.1, -0.05) is 55.1 Å². The normalized spacial score (nSPS) is 13.5. The third-order valence-electron chi connectivity index (χ3n) is 8.66. The fourth-order valence-corrected chi connectivity index (χ4v) is 6.66. The van der Waals surface area contributed by atoms with Crippen molar-refractivity contribution in [3.8, 4) is 28.9 Å². The number of aromatic nitrogens is 2. The Labute approximate surface area is 330 Å². The summed E-state index contributed by atoms with van der Waals surface area (Å²) in [6.45, 7) is 5.07. The molecule has 1 fully saturated rings. The zero-order valence-electron chi connectivity index (χ0n) is 30.7. The predicted molar refractivity (Wildman–Crippen MR) is 205 cm³/mol. The largest absolute Gasteiger partial charge is 0.481 e. The first kappa shape index (κ1) is 40.9. The second kappa shape index (κ2) is 17.6. The number of nitrogens with one attached hydrogen (secondary N) is 3. The van der Waals surface area contributed by atoms with Gasteiger partial charge in [0.05, 0.1) is 36.8 Å². The summed E-state index contributed by atoms with van der Waals surface area (Å²) in [5, 5.41) is 5.43. The van der Waals surface area contributed by atoms with Crippen molar-refractivity contribution in [1.82, 2.24) is 24.9 Å². The Morgan fingerprint density at radius 2 is 1.60 bits per heavy atom. The molecule has 300 valence electrons. The number of anilines is 1. The molecule has 1 aliphatic heterocycles. The van der Waals surface area contributed by atoms with Gasteiger partial charge in [0.2, 0.25) is 11.8 Å². The Bertz CT molecular complexity index is 2430. The van der Waals surface area contributed by atoms with E-state index in [2.05, 4.69) is 27.2 Å². The SMILES string of the molecule is C=Cc1cc(C(NC(=O)N2CCOCC2)C(=O)Nc2cccc(C(=O)NS(=O)(=O)c3ccc(C(F)(F)F)cc3)c2)ccc1Oc1cc(OC)nc(-c2ccccc2)n1. The van der Waals surface area contributed by atoms with Crippen molar-refractivity contribution >= 4 is 39.6 Å². The van der Waals surface area contributed by atoms with Gasteiger partial charge in [-0.25, -0.2) is 17.9 Å².